The summed E-state index contributed by atoms with van der Waals surface area (Å²) in [5.74, 6) is -0.0388. The van der Waals surface area contributed by atoms with Crippen molar-refractivity contribution in [3.63, 3.8) is 0 Å². The number of piperazine rings is 1. The van der Waals surface area contributed by atoms with Gasteiger partial charge in [-0.15, -0.1) is 24.8 Å². The third-order valence-electron chi connectivity index (χ3n) is 4.74. The lowest BCUT2D eigenvalue weighted by Gasteiger charge is -2.37. The molecule has 0 radical (unpaired) electrons. The summed E-state index contributed by atoms with van der Waals surface area (Å²) in [6.45, 7) is 2.49. The van der Waals surface area contributed by atoms with Crippen LogP contribution in [0.25, 0.3) is 0 Å². The molecule has 0 aromatic heterocycles. The highest BCUT2D eigenvalue weighted by Gasteiger charge is 2.25. The molecule has 0 spiro atoms. The summed E-state index contributed by atoms with van der Waals surface area (Å²) in [6.07, 6.45) is 0.523. The van der Waals surface area contributed by atoms with Crippen molar-refractivity contribution in [1.82, 2.24) is 4.90 Å². The number of carbonyl (C=O) groups excluding carboxylic acids is 1. The van der Waals surface area contributed by atoms with Crippen LogP contribution >= 0.6 is 24.8 Å². The van der Waals surface area contributed by atoms with Crippen LogP contribution in [0.15, 0.2) is 59.5 Å². The first kappa shape index (κ1) is 25.2. The second kappa shape index (κ2) is 10.8. The minimum Gasteiger partial charge on any atom is -0.368 e. The highest BCUT2D eigenvalue weighted by atomic mass is 35.5. The van der Waals surface area contributed by atoms with E-state index in [1.165, 1.54) is 12.1 Å². The van der Waals surface area contributed by atoms with E-state index >= 15 is 0 Å². The molecule has 29 heavy (non-hydrogen) atoms. The van der Waals surface area contributed by atoms with Crippen LogP contribution in [0.5, 0.6) is 0 Å². The van der Waals surface area contributed by atoms with Crippen LogP contribution in [-0.4, -0.2) is 51.4 Å². The van der Waals surface area contributed by atoms with Crippen LogP contribution in [0, 0.1) is 0 Å². The highest BCUT2D eigenvalue weighted by Crippen LogP contribution is 2.19. The first-order chi connectivity index (χ1) is 12.8. The van der Waals surface area contributed by atoms with Crippen molar-refractivity contribution in [2.24, 2.45) is 10.9 Å². The van der Waals surface area contributed by atoms with E-state index < -0.39 is 16.1 Å². The Balaban J connectivity index is 0.00000210. The molecule has 3 rings (SSSR count). The second-order valence-electron chi connectivity index (χ2n) is 6.65. The Hall–Kier alpha value is -1.84. The third-order valence-corrected chi connectivity index (χ3v) is 5.67. The molecule has 1 saturated heterocycles. The van der Waals surface area contributed by atoms with Gasteiger partial charge in [0.25, 0.3) is 0 Å². The molecular weight excluding hydrogens is 435 g/mol. The average molecular weight is 461 g/mol. The fourth-order valence-electron chi connectivity index (χ4n) is 3.22. The lowest BCUT2D eigenvalue weighted by molar-refractivity contribution is -0.132. The molecule has 4 N–H and O–H groups in total. The van der Waals surface area contributed by atoms with E-state index in [4.69, 9.17) is 10.9 Å². The summed E-state index contributed by atoms with van der Waals surface area (Å²) in [4.78, 5) is 16.6. The number of carbonyl (C=O) groups is 1. The van der Waals surface area contributed by atoms with Gasteiger partial charge in [0.2, 0.25) is 15.9 Å². The molecule has 0 bridgehead atoms. The third kappa shape index (κ3) is 6.58. The van der Waals surface area contributed by atoms with E-state index in [-0.39, 0.29) is 35.6 Å². The van der Waals surface area contributed by atoms with E-state index in [0.717, 1.165) is 11.3 Å². The quantitative estimate of drug-likeness (QED) is 0.700. The van der Waals surface area contributed by atoms with Crippen molar-refractivity contribution in [2.45, 2.75) is 17.4 Å². The zero-order valence-electron chi connectivity index (χ0n) is 15.8. The van der Waals surface area contributed by atoms with Crippen molar-refractivity contribution in [2.75, 3.05) is 31.1 Å². The van der Waals surface area contributed by atoms with Gasteiger partial charge in [-0.25, -0.2) is 13.6 Å². The smallest absolute Gasteiger partial charge is 0.239 e. The monoisotopic (exact) mass is 460 g/mol. The van der Waals surface area contributed by atoms with Crippen LogP contribution in [0.2, 0.25) is 0 Å². The van der Waals surface area contributed by atoms with Gasteiger partial charge < -0.3 is 15.5 Å². The number of anilines is 1. The lowest BCUT2D eigenvalue weighted by atomic mass is 10.1. The second-order valence-corrected chi connectivity index (χ2v) is 8.21. The van der Waals surface area contributed by atoms with Crippen molar-refractivity contribution < 1.29 is 13.2 Å². The molecule has 10 heteroatoms. The number of nitrogens with two attached hydrogens (primary N) is 2. The first-order valence-corrected chi connectivity index (χ1v) is 10.4. The number of hydrogen-bond acceptors (Lipinski definition) is 5. The Morgan fingerprint density at radius 2 is 1.48 bits per heavy atom. The summed E-state index contributed by atoms with van der Waals surface area (Å²) >= 11 is 0. The van der Waals surface area contributed by atoms with Gasteiger partial charge in [0.1, 0.15) is 0 Å². The topological polar surface area (TPSA) is 110 Å². The lowest BCUT2D eigenvalue weighted by Crippen LogP contribution is -2.53. The maximum absolute atomic E-state index is 12.6. The van der Waals surface area contributed by atoms with Gasteiger partial charge in [-0.3, -0.25) is 4.79 Å². The minimum atomic E-state index is -3.69. The minimum absolute atomic E-state index is 0. The maximum atomic E-state index is 12.6. The summed E-state index contributed by atoms with van der Waals surface area (Å²) in [5, 5.41) is 5.12. The Labute approximate surface area is 183 Å². The molecular formula is C19H26Cl2N4O3S. The number of halogens is 2. The highest BCUT2D eigenvalue weighted by molar-refractivity contribution is 7.89. The van der Waals surface area contributed by atoms with Crippen LogP contribution in [-0.2, 0) is 21.2 Å². The van der Waals surface area contributed by atoms with Gasteiger partial charge >= 0.3 is 0 Å². The zero-order valence-corrected chi connectivity index (χ0v) is 18.3. The van der Waals surface area contributed by atoms with E-state index in [1.54, 1.807) is 17.0 Å². The van der Waals surface area contributed by atoms with Crippen molar-refractivity contribution in [3.8, 4) is 0 Å². The molecule has 1 atom stereocenters. The molecule has 7 nitrogen and oxygen atoms in total. The first-order valence-electron chi connectivity index (χ1n) is 8.81. The molecule has 0 saturated carbocycles. The van der Waals surface area contributed by atoms with E-state index in [9.17, 15) is 13.2 Å². The van der Waals surface area contributed by atoms with Crippen molar-refractivity contribution in [1.29, 1.82) is 0 Å². The normalized spacial score (nSPS) is 15.1. The maximum Gasteiger partial charge on any atom is 0.239 e. The Morgan fingerprint density at radius 3 is 2.00 bits per heavy atom. The number of benzene rings is 2. The molecule has 1 fully saturated rings. The molecule has 1 heterocycles. The number of rotatable bonds is 5. The molecule has 1 aliphatic heterocycles. The summed E-state index contributed by atoms with van der Waals surface area (Å²) < 4.78 is 22.7. The van der Waals surface area contributed by atoms with Crippen LogP contribution in [0.1, 0.15) is 5.56 Å². The standard InChI is InChI=1S/C19H24N4O3S.2ClH/c20-18(14-15-4-2-1-3-5-15)19(24)23-12-10-22(11-13-23)16-6-8-17(9-7-16)27(21,25)26;;/h1-9,18H,10-14,20H2,(H2,21,25,26);2*1H. The molecule has 1 aliphatic rings. The van der Waals surface area contributed by atoms with E-state index in [2.05, 4.69) is 4.90 Å². The molecule has 1 unspecified atom stereocenters. The molecule has 0 aliphatic carbocycles. The largest absolute Gasteiger partial charge is 0.368 e. The Kier molecular flexibility index (Phi) is 9.38. The predicted octanol–water partition coefficient (Wildman–Crippen LogP) is 1.40. The number of primary sulfonamides is 1. The van der Waals surface area contributed by atoms with Gasteiger partial charge in [0, 0.05) is 31.9 Å². The molecule has 2 aromatic carbocycles. The number of nitrogens with zero attached hydrogens (tertiary/aromatic N) is 2. The van der Waals surface area contributed by atoms with E-state index in [1.807, 2.05) is 30.3 Å². The van der Waals surface area contributed by atoms with Crippen molar-refractivity contribution in [3.05, 3.63) is 60.2 Å². The number of amides is 1. The Morgan fingerprint density at radius 1 is 0.931 bits per heavy atom. The number of hydrogen-bond donors (Lipinski definition) is 2. The van der Waals surface area contributed by atoms with Gasteiger partial charge in [0.15, 0.2) is 0 Å². The molecule has 160 valence electrons. The van der Waals surface area contributed by atoms with Gasteiger partial charge in [-0.05, 0) is 36.2 Å². The van der Waals surface area contributed by atoms with Crippen LogP contribution in [0.3, 0.4) is 0 Å². The summed E-state index contributed by atoms with van der Waals surface area (Å²) in [6, 6.07) is 15.7. The zero-order chi connectivity index (χ0) is 19.4. The Bertz CT molecular complexity index is 887. The SMILES string of the molecule is Cl.Cl.NC(Cc1ccccc1)C(=O)N1CCN(c2ccc(S(N)(=O)=O)cc2)CC1. The predicted molar refractivity (Wildman–Crippen MR) is 119 cm³/mol. The van der Waals surface area contributed by atoms with Crippen LogP contribution in [0.4, 0.5) is 5.69 Å². The van der Waals surface area contributed by atoms with E-state index in [0.29, 0.717) is 32.6 Å². The molecule has 1 amide bonds. The van der Waals surface area contributed by atoms with Gasteiger partial charge in [-0.1, -0.05) is 30.3 Å². The van der Waals surface area contributed by atoms with Crippen LogP contribution < -0.4 is 15.8 Å². The van der Waals surface area contributed by atoms with Gasteiger partial charge in [-0.2, -0.15) is 0 Å². The molecule has 2 aromatic rings. The fourth-order valence-corrected chi connectivity index (χ4v) is 3.74. The number of sulfonamides is 1. The average Bonchev–Trinajstić information content (AvgIpc) is 2.68. The fraction of sp³-hybridized carbons (Fsp3) is 0.316. The van der Waals surface area contributed by atoms with Crippen molar-refractivity contribution >= 4 is 46.4 Å². The summed E-state index contributed by atoms with van der Waals surface area (Å²) in [5.41, 5.74) is 8.06. The van der Waals surface area contributed by atoms with Gasteiger partial charge in [0.05, 0.1) is 10.9 Å². The summed E-state index contributed by atoms with van der Waals surface area (Å²) in [7, 11) is -3.69.